The first-order chi connectivity index (χ1) is 9.81. The normalized spacial score (nSPS) is 30.4. The van der Waals surface area contributed by atoms with Crippen LogP contribution in [0.3, 0.4) is 0 Å². The van der Waals surface area contributed by atoms with Crippen molar-refractivity contribution in [3.05, 3.63) is 29.7 Å². The van der Waals surface area contributed by atoms with E-state index in [2.05, 4.69) is 45.2 Å². The van der Waals surface area contributed by atoms with E-state index >= 15 is 0 Å². The zero-order valence-electron chi connectivity index (χ0n) is 12.0. The van der Waals surface area contributed by atoms with Gasteiger partial charge in [-0.25, -0.2) is 0 Å². The van der Waals surface area contributed by atoms with E-state index in [0.29, 0.717) is 12.1 Å². The molecule has 3 unspecified atom stereocenters. The summed E-state index contributed by atoms with van der Waals surface area (Å²) >= 11 is 0. The molecule has 106 valence electrons. The molecule has 1 saturated carbocycles. The second-order valence-corrected chi connectivity index (χ2v) is 6.44. The Labute approximate surface area is 119 Å². The fourth-order valence-corrected chi connectivity index (χ4v) is 3.95. The van der Waals surface area contributed by atoms with Crippen LogP contribution in [0.4, 0.5) is 0 Å². The molecule has 3 heterocycles. The molecule has 20 heavy (non-hydrogen) atoms. The summed E-state index contributed by atoms with van der Waals surface area (Å²) in [5.74, 6) is 1.98. The van der Waals surface area contributed by atoms with Crippen LogP contribution in [0.15, 0.2) is 18.3 Å². The van der Waals surface area contributed by atoms with Gasteiger partial charge in [0.15, 0.2) is 11.5 Å². The molecule has 0 spiro atoms. The number of aryl methyl sites for hydroxylation is 1. The van der Waals surface area contributed by atoms with E-state index in [1.807, 2.05) is 0 Å². The summed E-state index contributed by atoms with van der Waals surface area (Å²) < 4.78 is 2.15. The minimum Gasteiger partial charge on any atom is -0.304 e. The molecule has 3 atom stereocenters. The molecule has 2 fully saturated rings. The van der Waals surface area contributed by atoms with Gasteiger partial charge in [0, 0.05) is 12.2 Å². The molecule has 4 nitrogen and oxygen atoms in total. The first kappa shape index (κ1) is 12.3. The van der Waals surface area contributed by atoms with Gasteiger partial charge < -0.3 is 5.32 Å². The van der Waals surface area contributed by atoms with Gasteiger partial charge in [-0.3, -0.25) is 4.40 Å². The molecule has 1 aliphatic carbocycles. The van der Waals surface area contributed by atoms with Crippen LogP contribution in [0.1, 0.15) is 56.0 Å². The molecular weight excluding hydrogens is 248 g/mol. The van der Waals surface area contributed by atoms with E-state index in [-0.39, 0.29) is 0 Å². The molecule has 1 N–H and O–H groups in total. The minimum atomic E-state index is 0.368. The molecule has 0 aromatic carbocycles. The van der Waals surface area contributed by atoms with Crippen LogP contribution in [0, 0.1) is 12.8 Å². The quantitative estimate of drug-likeness (QED) is 0.866. The Morgan fingerprint density at radius 3 is 3.00 bits per heavy atom. The Hall–Kier alpha value is -1.42. The first-order valence-electron chi connectivity index (χ1n) is 7.88. The first-order valence-corrected chi connectivity index (χ1v) is 7.88. The van der Waals surface area contributed by atoms with Gasteiger partial charge in [-0.2, -0.15) is 0 Å². The molecule has 2 aromatic heterocycles. The summed E-state index contributed by atoms with van der Waals surface area (Å²) in [6.07, 6.45) is 10.2. The maximum absolute atomic E-state index is 4.45. The van der Waals surface area contributed by atoms with Crippen LogP contribution in [-0.4, -0.2) is 20.6 Å². The second-order valence-electron chi connectivity index (χ2n) is 6.44. The van der Waals surface area contributed by atoms with Crippen molar-refractivity contribution in [2.24, 2.45) is 5.92 Å². The molecular formula is C16H22N4. The lowest BCUT2D eigenvalue weighted by Gasteiger charge is -2.39. The second kappa shape index (κ2) is 4.85. The van der Waals surface area contributed by atoms with Crippen molar-refractivity contribution in [1.29, 1.82) is 0 Å². The Balaban J connectivity index is 1.63. The lowest BCUT2D eigenvalue weighted by molar-refractivity contribution is 0.173. The Morgan fingerprint density at radius 2 is 2.05 bits per heavy atom. The molecule has 1 aliphatic heterocycles. The van der Waals surface area contributed by atoms with Gasteiger partial charge in [0.1, 0.15) is 0 Å². The van der Waals surface area contributed by atoms with Crippen LogP contribution in [0.25, 0.3) is 5.65 Å². The predicted octanol–water partition coefficient (Wildman–Crippen LogP) is 3.02. The average molecular weight is 270 g/mol. The number of nitrogens with zero attached hydrogens (tertiary/aromatic N) is 3. The Morgan fingerprint density at radius 1 is 1.15 bits per heavy atom. The van der Waals surface area contributed by atoms with Gasteiger partial charge in [0.05, 0.1) is 6.04 Å². The zero-order chi connectivity index (χ0) is 13.5. The van der Waals surface area contributed by atoms with Gasteiger partial charge in [-0.15, -0.1) is 10.2 Å². The number of pyridine rings is 1. The van der Waals surface area contributed by atoms with E-state index in [9.17, 15) is 0 Å². The van der Waals surface area contributed by atoms with Crippen molar-refractivity contribution < 1.29 is 0 Å². The fraction of sp³-hybridized carbons (Fsp3) is 0.625. The molecule has 2 aromatic rings. The van der Waals surface area contributed by atoms with Gasteiger partial charge in [0.2, 0.25) is 0 Å². The predicted molar refractivity (Wildman–Crippen MR) is 78.6 cm³/mol. The average Bonchev–Trinajstić information content (AvgIpc) is 2.89. The van der Waals surface area contributed by atoms with Crippen molar-refractivity contribution in [3.63, 3.8) is 0 Å². The van der Waals surface area contributed by atoms with Gasteiger partial charge in [0.25, 0.3) is 0 Å². The lowest BCUT2D eigenvalue weighted by atomic mass is 9.77. The van der Waals surface area contributed by atoms with E-state index in [1.165, 1.54) is 44.1 Å². The molecule has 1 saturated heterocycles. The minimum absolute atomic E-state index is 0.368. The van der Waals surface area contributed by atoms with Crippen LogP contribution >= 0.6 is 0 Å². The molecule has 0 bridgehead atoms. The number of hydrogen-bond acceptors (Lipinski definition) is 3. The number of aromatic nitrogens is 3. The van der Waals surface area contributed by atoms with Crippen LogP contribution in [0.5, 0.6) is 0 Å². The smallest absolute Gasteiger partial charge is 0.161 e. The molecule has 0 amide bonds. The maximum Gasteiger partial charge on any atom is 0.161 e. The van der Waals surface area contributed by atoms with Crippen molar-refractivity contribution in [3.8, 4) is 0 Å². The topological polar surface area (TPSA) is 42.2 Å². The number of piperidine rings is 1. The highest BCUT2D eigenvalue weighted by Crippen LogP contribution is 2.36. The van der Waals surface area contributed by atoms with Crippen LogP contribution < -0.4 is 5.32 Å². The lowest BCUT2D eigenvalue weighted by Crippen LogP contribution is -2.45. The fourth-order valence-electron chi connectivity index (χ4n) is 3.95. The van der Waals surface area contributed by atoms with E-state index in [0.717, 1.165) is 17.4 Å². The van der Waals surface area contributed by atoms with Gasteiger partial charge >= 0.3 is 0 Å². The van der Waals surface area contributed by atoms with E-state index in [1.54, 1.807) is 0 Å². The maximum atomic E-state index is 4.45. The molecule has 0 radical (unpaired) electrons. The standard InChI is InChI=1S/C16H22N4/c1-11-8-9-20-15(10-11)18-19-16(20)14-7-6-12-4-2-3-5-13(12)17-14/h8-10,12-14,17H,2-7H2,1H3. The van der Waals surface area contributed by atoms with Crippen molar-refractivity contribution in [1.82, 2.24) is 19.9 Å². The molecule has 4 heteroatoms. The van der Waals surface area contributed by atoms with Gasteiger partial charge in [-0.1, -0.05) is 12.8 Å². The van der Waals surface area contributed by atoms with Crippen molar-refractivity contribution in [2.45, 2.75) is 57.5 Å². The summed E-state index contributed by atoms with van der Waals surface area (Å²) in [5.41, 5.74) is 2.20. The summed E-state index contributed by atoms with van der Waals surface area (Å²) in [5, 5.41) is 12.6. The molecule has 2 aliphatic rings. The largest absolute Gasteiger partial charge is 0.304 e. The highest BCUT2D eigenvalue weighted by Gasteiger charge is 2.33. The zero-order valence-corrected chi connectivity index (χ0v) is 12.0. The van der Waals surface area contributed by atoms with E-state index in [4.69, 9.17) is 0 Å². The Bertz CT molecular complexity index is 618. The summed E-state index contributed by atoms with van der Waals surface area (Å²) in [7, 11) is 0. The van der Waals surface area contributed by atoms with Gasteiger partial charge in [-0.05, 0) is 56.2 Å². The monoisotopic (exact) mass is 270 g/mol. The third kappa shape index (κ3) is 2.03. The highest BCUT2D eigenvalue weighted by molar-refractivity contribution is 5.41. The number of rotatable bonds is 1. The number of fused-ring (bicyclic) bond motifs is 2. The number of hydrogen-bond donors (Lipinski definition) is 1. The Kier molecular flexibility index (Phi) is 2.99. The number of nitrogens with one attached hydrogen (secondary N) is 1. The third-order valence-electron chi connectivity index (χ3n) is 5.05. The summed E-state index contributed by atoms with van der Waals surface area (Å²) in [6, 6.07) is 5.29. The van der Waals surface area contributed by atoms with Crippen molar-refractivity contribution in [2.75, 3.05) is 0 Å². The summed E-state index contributed by atoms with van der Waals surface area (Å²) in [4.78, 5) is 0. The van der Waals surface area contributed by atoms with Crippen LogP contribution in [-0.2, 0) is 0 Å². The van der Waals surface area contributed by atoms with Crippen molar-refractivity contribution >= 4 is 5.65 Å². The summed E-state index contributed by atoms with van der Waals surface area (Å²) in [6.45, 7) is 2.10. The molecule has 4 rings (SSSR count). The SMILES string of the molecule is Cc1ccn2c(C3CCC4CCCCC4N3)nnc2c1. The third-order valence-corrected chi connectivity index (χ3v) is 5.05. The van der Waals surface area contributed by atoms with E-state index < -0.39 is 0 Å². The highest BCUT2D eigenvalue weighted by atomic mass is 15.3. The van der Waals surface area contributed by atoms with Crippen LogP contribution in [0.2, 0.25) is 0 Å².